The molecule has 0 aromatic heterocycles. The molecule has 1 rings (SSSR count). The topological polar surface area (TPSA) is 52.6 Å². The standard InChI is InChI=1S/C19H28O4/c1-6-14(2)16(12-17(20)23-19(3,4)5)18(21)22-13-15-10-8-7-9-11-15/h7-11,14,16H,6,12-13H2,1-5H3/t14?,16-/m0/s1. The van der Waals surface area contributed by atoms with E-state index in [1.807, 2.05) is 65.0 Å². The van der Waals surface area contributed by atoms with Gasteiger partial charge in [-0.2, -0.15) is 0 Å². The second-order valence-corrected chi connectivity index (χ2v) is 6.88. The fraction of sp³-hybridized carbons (Fsp3) is 0.579. The summed E-state index contributed by atoms with van der Waals surface area (Å²) in [5, 5.41) is 0. The summed E-state index contributed by atoms with van der Waals surface area (Å²) in [4.78, 5) is 24.4. The minimum Gasteiger partial charge on any atom is -0.461 e. The van der Waals surface area contributed by atoms with E-state index in [4.69, 9.17) is 9.47 Å². The van der Waals surface area contributed by atoms with Crippen LogP contribution in [0.5, 0.6) is 0 Å². The van der Waals surface area contributed by atoms with Gasteiger partial charge >= 0.3 is 11.9 Å². The molecule has 0 spiro atoms. The lowest BCUT2D eigenvalue weighted by atomic mass is 9.89. The first-order chi connectivity index (χ1) is 10.7. The first-order valence-electron chi connectivity index (χ1n) is 8.15. The molecule has 0 aliphatic carbocycles. The minimum atomic E-state index is -0.551. The molecule has 0 saturated heterocycles. The van der Waals surface area contributed by atoms with Gasteiger partial charge in [-0.1, -0.05) is 50.6 Å². The quantitative estimate of drug-likeness (QED) is 0.709. The Balaban J connectivity index is 2.65. The summed E-state index contributed by atoms with van der Waals surface area (Å²) in [7, 11) is 0. The predicted molar refractivity (Wildman–Crippen MR) is 89.6 cm³/mol. The highest BCUT2D eigenvalue weighted by atomic mass is 16.6. The van der Waals surface area contributed by atoms with Gasteiger partial charge in [-0.05, 0) is 32.3 Å². The molecule has 0 radical (unpaired) electrons. The number of hydrogen-bond acceptors (Lipinski definition) is 4. The van der Waals surface area contributed by atoms with Gasteiger partial charge in [0.25, 0.3) is 0 Å². The summed E-state index contributed by atoms with van der Waals surface area (Å²) < 4.78 is 10.7. The third-order valence-electron chi connectivity index (χ3n) is 3.66. The molecule has 0 aliphatic heterocycles. The van der Waals surface area contributed by atoms with Crippen molar-refractivity contribution in [3.8, 4) is 0 Å². The van der Waals surface area contributed by atoms with Crippen LogP contribution in [0.4, 0.5) is 0 Å². The van der Waals surface area contributed by atoms with Gasteiger partial charge in [-0.25, -0.2) is 0 Å². The summed E-state index contributed by atoms with van der Waals surface area (Å²) in [5.41, 5.74) is 0.381. The van der Waals surface area contributed by atoms with E-state index in [0.717, 1.165) is 12.0 Å². The average molecular weight is 320 g/mol. The van der Waals surface area contributed by atoms with Crippen LogP contribution in [0.3, 0.4) is 0 Å². The Morgan fingerprint density at radius 2 is 1.74 bits per heavy atom. The van der Waals surface area contributed by atoms with Crippen molar-refractivity contribution in [2.24, 2.45) is 11.8 Å². The molecule has 4 heteroatoms. The number of esters is 2. The molecule has 1 aromatic rings. The van der Waals surface area contributed by atoms with Gasteiger partial charge in [-0.3, -0.25) is 9.59 Å². The fourth-order valence-corrected chi connectivity index (χ4v) is 2.20. The molecule has 1 unspecified atom stereocenters. The van der Waals surface area contributed by atoms with Crippen LogP contribution in [0.25, 0.3) is 0 Å². The zero-order chi connectivity index (χ0) is 17.5. The number of benzene rings is 1. The van der Waals surface area contributed by atoms with Crippen LogP contribution in [-0.2, 0) is 25.7 Å². The van der Waals surface area contributed by atoms with Crippen LogP contribution in [-0.4, -0.2) is 17.5 Å². The lowest BCUT2D eigenvalue weighted by Crippen LogP contribution is -2.31. The monoisotopic (exact) mass is 320 g/mol. The van der Waals surface area contributed by atoms with E-state index in [0.29, 0.717) is 0 Å². The van der Waals surface area contributed by atoms with Crippen LogP contribution < -0.4 is 0 Å². The largest absolute Gasteiger partial charge is 0.461 e. The van der Waals surface area contributed by atoms with Crippen molar-refractivity contribution in [3.63, 3.8) is 0 Å². The van der Waals surface area contributed by atoms with Crippen molar-refractivity contribution >= 4 is 11.9 Å². The molecule has 0 N–H and O–H groups in total. The van der Waals surface area contributed by atoms with E-state index in [9.17, 15) is 9.59 Å². The highest BCUT2D eigenvalue weighted by Crippen LogP contribution is 2.23. The molecule has 2 atom stereocenters. The smallest absolute Gasteiger partial charge is 0.310 e. The maximum absolute atomic E-state index is 12.4. The molecule has 0 bridgehead atoms. The zero-order valence-corrected chi connectivity index (χ0v) is 14.8. The summed E-state index contributed by atoms with van der Waals surface area (Å²) in [6.07, 6.45) is 0.855. The molecule has 1 aromatic carbocycles. The first-order valence-corrected chi connectivity index (χ1v) is 8.15. The normalized spacial score (nSPS) is 14.0. The van der Waals surface area contributed by atoms with E-state index in [-0.39, 0.29) is 30.9 Å². The maximum atomic E-state index is 12.4. The van der Waals surface area contributed by atoms with Crippen molar-refractivity contribution in [3.05, 3.63) is 35.9 Å². The molecule has 0 amide bonds. The SMILES string of the molecule is CCC(C)[C@H](CC(=O)OC(C)(C)C)C(=O)OCc1ccccc1. The van der Waals surface area contributed by atoms with Gasteiger partial charge in [0.1, 0.15) is 12.2 Å². The van der Waals surface area contributed by atoms with Gasteiger partial charge in [0.2, 0.25) is 0 Å². The number of carbonyl (C=O) groups is 2. The van der Waals surface area contributed by atoms with Crippen molar-refractivity contribution in [1.82, 2.24) is 0 Å². The molecule has 4 nitrogen and oxygen atoms in total. The second kappa shape index (κ2) is 8.70. The van der Waals surface area contributed by atoms with Crippen LogP contribution in [0.15, 0.2) is 30.3 Å². The van der Waals surface area contributed by atoms with Crippen molar-refractivity contribution in [2.75, 3.05) is 0 Å². The van der Waals surface area contributed by atoms with E-state index >= 15 is 0 Å². The molecule has 128 valence electrons. The van der Waals surface area contributed by atoms with Crippen LogP contribution >= 0.6 is 0 Å². The van der Waals surface area contributed by atoms with Crippen molar-refractivity contribution < 1.29 is 19.1 Å². The lowest BCUT2D eigenvalue weighted by Gasteiger charge is -2.24. The van der Waals surface area contributed by atoms with Gasteiger partial charge in [0, 0.05) is 0 Å². The van der Waals surface area contributed by atoms with E-state index in [2.05, 4.69) is 0 Å². The summed E-state index contributed by atoms with van der Waals surface area (Å²) in [6.45, 7) is 9.63. The van der Waals surface area contributed by atoms with Crippen molar-refractivity contribution in [2.45, 2.75) is 59.7 Å². The summed E-state index contributed by atoms with van der Waals surface area (Å²) in [6, 6.07) is 9.51. The Morgan fingerprint density at radius 1 is 1.13 bits per heavy atom. The minimum absolute atomic E-state index is 0.0555. The summed E-state index contributed by atoms with van der Waals surface area (Å²) in [5.74, 6) is -1.11. The molecule has 0 aliphatic rings. The number of carbonyl (C=O) groups excluding carboxylic acids is 2. The van der Waals surface area contributed by atoms with E-state index < -0.39 is 11.5 Å². The van der Waals surface area contributed by atoms with Crippen LogP contribution in [0.2, 0.25) is 0 Å². The fourth-order valence-electron chi connectivity index (χ4n) is 2.20. The van der Waals surface area contributed by atoms with Gasteiger partial charge in [0.15, 0.2) is 0 Å². The highest BCUT2D eigenvalue weighted by molar-refractivity contribution is 5.80. The first kappa shape index (κ1) is 19.2. The molecular formula is C19H28O4. The molecular weight excluding hydrogens is 292 g/mol. The molecule has 0 saturated carbocycles. The van der Waals surface area contributed by atoms with E-state index in [1.165, 1.54) is 0 Å². The van der Waals surface area contributed by atoms with Crippen LogP contribution in [0.1, 0.15) is 53.0 Å². The predicted octanol–water partition coefficient (Wildman–Crippen LogP) is 4.12. The average Bonchev–Trinajstić information content (AvgIpc) is 2.49. The van der Waals surface area contributed by atoms with Gasteiger partial charge in [-0.15, -0.1) is 0 Å². The number of hydrogen-bond donors (Lipinski definition) is 0. The third-order valence-corrected chi connectivity index (χ3v) is 3.66. The summed E-state index contributed by atoms with van der Waals surface area (Å²) >= 11 is 0. The van der Waals surface area contributed by atoms with Crippen LogP contribution in [0, 0.1) is 11.8 Å². The lowest BCUT2D eigenvalue weighted by molar-refractivity contribution is -0.163. The van der Waals surface area contributed by atoms with Crippen molar-refractivity contribution in [1.29, 1.82) is 0 Å². The van der Waals surface area contributed by atoms with Gasteiger partial charge < -0.3 is 9.47 Å². The molecule has 0 fully saturated rings. The Bertz CT molecular complexity index is 502. The highest BCUT2D eigenvalue weighted by Gasteiger charge is 2.30. The molecule has 0 heterocycles. The Labute approximate surface area is 139 Å². The zero-order valence-electron chi connectivity index (χ0n) is 14.8. The van der Waals surface area contributed by atoms with E-state index in [1.54, 1.807) is 0 Å². The maximum Gasteiger partial charge on any atom is 0.310 e. The number of rotatable bonds is 7. The Hall–Kier alpha value is -1.84. The third kappa shape index (κ3) is 7.31. The van der Waals surface area contributed by atoms with Gasteiger partial charge in [0.05, 0.1) is 12.3 Å². The number of ether oxygens (including phenoxy) is 2. The Kier molecular flexibility index (Phi) is 7.27. The Morgan fingerprint density at radius 3 is 2.26 bits per heavy atom. The molecule has 23 heavy (non-hydrogen) atoms. The second-order valence-electron chi connectivity index (χ2n) is 6.88.